The number of hydrogen-bond donors (Lipinski definition) is 2. The number of nitrogens with zero attached hydrogens (tertiary/aromatic N) is 1. The number of fused-ring (bicyclic) bond motifs is 1. The van der Waals surface area contributed by atoms with Crippen molar-refractivity contribution >= 4 is 55.9 Å². The van der Waals surface area contributed by atoms with Gasteiger partial charge in [0.1, 0.15) is 0 Å². The molecule has 0 unspecified atom stereocenters. The van der Waals surface area contributed by atoms with E-state index in [2.05, 4.69) is 21.2 Å². The molecule has 0 saturated heterocycles. The third-order valence-electron chi connectivity index (χ3n) is 5.28. The van der Waals surface area contributed by atoms with Crippen LogP contribution < -0.4 is 10.9 Å². The van der Waals surface area contributed by atoms with E-state index in [1.165, 1.54) is 4.57 Å². The quantitative estimate of drug-likeness (QED) is 0.286. The number of hydrogen-bond acceptors (Lipinski definition) is 3. The summed E-state index contributed by atoms with van der Waals surface area (Å²) >= 11 is 15.4. The van der Waals surface area contributed by atoms with Gasteiger partial charge in [0.25, 0.3) is 11.5 Å². The zero-order valence-corrected chi connectivity index (χ0v) is 20.4. The van der Waals surface area contributed by atoms with E-state index in [0.29, 0.717) is 46.0 Å². The minimum absolute atomic E-state index is 0.0292. The number of rotatable bonds is 6. The summed E-state index contributed by atoms with van der Waals surface area (Å²) in [5, 5.41) is 15.0. The average molecular weight is 546 g/mol. The predicted octanol–water partition coefficient (Wildman–Crippen LogP) is 6.13. The third kappa shape index (κ3) is 4.93. The van der Waals surface area contributed by atoms with Crippen LogP contribution in [0.5, 0.6) is 5.75 Å². The summed E-state index contributed by atoms with van der Waals surface area (Å²) in [4.78, 5) is 26.0. The molecule has 5 nitrogen and oxygen atoms in total. The highest BCUT2D eigenvalue weighted by atomic mass is 79.9. The highest BCUT2D eigenvalue weighted by Gasteiger charge is 2.22. The molecule has 0 aliphatic carbocycles. The number of pyridine rings is 1. The molecule has 0 radical (unpaired) electrons. The van der Waals surface area contributed by atoms with Gasteiger partial charge in [-0.05, 0) is 60.9 Å². The first kappa shape index (κ1) is 23.4. The second-order valence-electron chi connectivity index (χ2n) is 7.47. The zero-order chi connectivity index (χ0) is 23.5. The summed E-state index contributed by atoms with van der Waals surface area (Å²) in [7, 11) is 0. The van der Waals surface area contributed by atoms with Crippen LogP contribution in [0.1, 0.15) is 22.3 Å². The number of aryl methyl sites for hydroxylation is 1. The number of halogens is 3. The fourth-order valence-electron chi connectivity index (χ4n) is 3.68. The fraction of sp³-hybridized carbons (Fsp3) is 0.120. The molecule has 0 fully saturated rings. The van der Waals surface area contributed by atoms with E-state index in [4.69, 9.17) is 23.2 Å². The van der Waals surface area contributed by atoms with Crippen molar-refractivity contribution in [2.45, 2.75) is 12.8 Å². The van der Waals surface area contributed by atoms with Crippen molar-refractivity contribution in [1.29, 1.82) is 0 Å². The number of carbonyl (C=O) groups excluding carboxylic acids is 1. The molecule has 0 bridgehead atoms. The number of carbonyl (C=O) groups is 1. The number of para-hydroxylation sites is 1. The van der Waals surface area contributed by atoms with Crippen LogP contribution in [0, 0.1) is 0 Å². The molecule has 0 atom stereocenters. The Bertz CT molecular complexity index is 1400. The molecule has 0 spiro atoms. The van der Waals surface area contributed by atoms with Crippen LogP contribution in [-0.2, 0) is 6.42 Å². The summed E-state index contributed by atoms with van der Waals surface area (Å²) < 4.78 is 2.27. The summed E-state index contributed by atoms with van der Waals surface area (Å²) in [6.07, 6.45) is 1.34. The maximum absolute atomic E-state index is 13.1. The lowest BCUT2D eigenvalue weighted by Gasteiger charge is -2.15. The van der Waals surface area contributed by atoms with Gasteiger partial charge < -0.3 is 10.4 Å². The smallest absolute Gasteiger partial charge is 0.298 e. The molecular formula is C25H19BrCl2N2O3. The van der Waals surface area contributed by atoms with E-state index in [9.17, 15) is 14.7 Å². The Morgan fingerprint density at radius 3 is 2.45 bits per heavy atom. The molecule has 0 saturated carbocycles. The van der Waals surface area contributed by atoms with E-state index in [-0.39, 0.29) is 5.56 Å². The Hall–Kier alpha value is -2.80. The van der Waals surface area contributed by atoms with Gasteiger partial charge in [-0.25, -0.2) is 0 Å². The van der Waals surface area contributed by atoms with Crippen molar-refractivity contribution in [2.24, 2.45) is 0 Å². The van der Waals surface area contributed by atoms with Crippen LogP contribution >= 0.6 is 39.1 Å². The normalized spacial score (nSPS) is 11.0. The molecule has 0 aliphatic rings. The van der Waals surface area contributed by atoms with Crippen molar-refractivity contribution in [3.63, 3.8) is 0 Å². The van der Waals surface area contributed by atoms with E-state index in [1.807, 2.05) is 18.2 Å². The molecule has 1 aromatic heterocycles. The molecule has 33 heavy (non-hydrogen) atoms. The second-order valence-corrected chi connectivity index (χ2v) is 9.20. The van der Waals surface area contributed by atoms with Crippen LogP contribution in [0.25, 0.3) is 16.6 Å². The lowest BCUT2D eigenvalue weighted by atomic mass is 10.1. The summed E-state index contributed by atoms with van der Waals surface area (Å²) in [6.45, 7) is 0.364. The van der Waals surface area contributed by atoms with Gasteiger partial charge in [-0.15, -0.1) is 0 Å². The topological polar surface area (TPSA) is 71.3 Å². The van der Waals surface area contributed by atoms with Gasteiger partial charge in [0.05, 0.1) is 21.1 Å². The number of aromatic nitrogens is 1. The van der Waals surface area contributed by atoms with Gasteiger partial charge in [0, 0.05) is 22.1 Å². The van der Waals surface area contributed by atoms with Gasteiger partial charge in [-0.1, -0.05) is 63.4 Å². The predicted molar refractivity (Wildman–Crippen MR) is 136 cm³/mol. The first-order valence-electron chi connectivity index (χ1n) is 10.2. The molecule has 8 heteroatoms. The molecule has 1 amide bonds. The minimum Gasteiger partial charge on any atom is -0.502 e. The van der Waals surface area contributed by atoms with Crippen LogP contribution in [0.3, 0.4) is 0 Å². The molecule has 3 aromatic carbocycles. The van der Waals surface area contributed by atoms with Crippen LogP contribution in [0.15, 0.2) is 76.0 Å². The Labute approximate surface area is 208 Å². The Balaban J connectivity index is 1.60. The third-order valence-corrected chi connectivity index (χ3v) is 6.55. The van der Waals surface area contributed by atoms with Crippen molar-refractivity contribution in [2.75, 3.05) is 6.54 Å². The maximum atomic E-state index is 13.1. The van der Waals surface area contributed by atoms with Crippen LogP contribution in [-0.4, -0.2) is 22.1 Å². The van der Waals surface area contributed by atoms with Crippen LogP contribution in [0.2, 0.25) is 10.0 Å². The number of nitrogens with one attached hydrogen (secondary N) is 1. The van der Waals surface area contributed by atoms with Gasteiger partial charge in [0.2, 0.25) is 0 Å². The number of aromatic hydroxyl groups is 1. The van der Waals surface area contributed by atoms with Crippen molar-refractivity contribution < 1.29 is 9.90 Å². The van der Waals surface area contributed by atoms with Gasteiger partial charge in [-0.2, -0.15) is 0 Å². The average Bonchev–Trinajstić information content (AvgIpc) is 2.81. The van der Waals surface area contributed by atoms with Gasteiger partial charge >= 0.3 is 0 Å². The first-order valence-corrected chi connectivity index (χ1v) is 11.8. The monoisotopic (exact) mass is 544 g/mol. The Morgan fingerprint density at radius 2 is 1.73 bits per heavy atom. The lowest BCUT2D eigenvalue weighted by molar-refractivity contribution is 0.0952. The molecule has 2 N–H and O–H groups in total. The summed E-state index contributed by atoms with van der Waals surface area (Å²) in [5.74, 6) is -1.09. The van der Waals surface area contributed by atoms with E-state index in [0.717, 1.165) is 10.0 Å². The van der Waals surface area contributed by atoms with Crippen LogP contribution in [0.4, 0.5) is 0 Å². The molecular weight excluding hydrogens is 527 g/mol. The Morgan fingerprint density at radius 1 is 1.00 bits per heavy atom. The van der Waals surface area contributed by atoms with Gasteiger partial charge in [0.15, 0.2) is 5.75 Å². The summed E-state index contributed by atoms with van der Waals surface area (Å²) in [6, 6.07) is 19.6. The second kappa shape index (κ2) is 10.00. The Kier molecular flexibility index (Phi) is 7.08. The highest BCUT2D eigenvalue weighted by molar-refractivity contribution is 9.10. The zero-order valence-electron chi connectivity index (χ0n) is 17.3. The number of amides is 1. The largest absolute Gasteiger partial charge is 0.502 e. The van der Waals surface area contributed by atoms with Crippen molar-refractivity contribution in [3.05, 3.63) is 103 Å². The lowest BCUT2D eigenvalue weighted by Crippen LogP contribution is -2.28. The maximum Gasteiger partial charge on any atom is 0.298 e. The standard InChI is InChI=1S/C25H19BrCl2N2O3/c26-16-8-10-17(11-9-16)30-21-6-2-1-5-18(21)22(23(31)25(30)33)24(32)29-13-3-4-15-7-12-19(27)20(28)14-15/h1-2,5-12,14,31H,3-4,13H2,(H,29,32). The highest BCUT2D eigenvalue weighted by Crippen LogP contribution is 2.27. The minimum atomic E-state index is -0.656. The molecule has 0 aliphatic heterocycles. The van der Waals surface area contributed by atoms with Crippen molar-refractivity contribution in [1.82, 2.24) is 9.88 Å². The SMILES string of the molecule is O=C(NCCCc1ccc(Cl)c(Cl)c1)c1c(O)c(=O)n(-c2ccc(Br)cc2)c2ccccc12. The molecule has 4 rings (SSSR count). The van der Waals surface area contributed by atoms with E-state index < -0.39 is 17.2 Å². The van der Waals surface area contributed by atoms with Crippen molar-refractivity contribution in [3.8, 4) is 11.4 Å². The van der Waals surface area contributed by atoms with E-state index in [1.54, 1.807) is 48.5 Å². The fourth-order valence-corrected chi connectivity index (χ4v) is 4.27. The molecule has 1 heterocycles. The summed E-state index contributed by atoms with van der Waals surface area (Å²) in [5.41, 5.74) is 1.44. The van der Waals surface area contributed by atoms with E-state index >= 15 is 0 Å². The number of benzene rings is 3. The first-order chi connectivity index (χ1) is 15.9. The molecule has 4 aromatic rings. The molecule has 168 valence electrons. The van der Waals surface area contributed by atoms with Gasteiger partial charge in [-0.3, -0.25) is 14.2 Å².